The third kappa shape index (κ3) is 4.75. The van der Waals surface area contributed by atoms with Crippen molar-refractivity contribution >= 4 is 17.5 Å². The zero-order valence-corrected chi connectivity index (χ0v) is 15.2. The van der Waals surface area contributed by atoms with E-state index < -0.39 is 11.7 Å². The highest BCUT2D eigenvalue weighted by Gasteiger charge is 2.16. The fourth-order valence-corrected chi connectivity index (χ4v) is 2.33. The van der Waals surface area contributed by atoms with Gasteiger partial charge in [-0.2, -0.15) is 5.10 Å². The SMILES string of the molecule is Cc1ccc(NC(=O)OC(C)(C)C)cc1NCc1c(C)n[nH]c1C. The molecule has 2 rings (SSSR count). The Kier molecular flexibility index (Phi) is 5.17. The maximum absolute atomic E-state index is 11.9. The minimum absolute atomic E-state index is 0.459. The van der Waals surface area contributed by atoms with E-state index in [1.165, 1.54) is 0 Å². The Morgan fingerprint density at radius 1 is 1.25 bits per heavy atom. The molecule has 0 aliphatic rings. The molecule has 6 nitrogen and oxygen atoms in total. The molecule has 0 aliphatic heterocycles. The van der Waals surface area contributed by atoms with Crippen LogP contribution in [0.15, 0.2) is 18.2 Å². The van der Waals surface area contributed by atoms with Crippen molar-refractivity contribution in [2.45, 2.75) is 53.7 Å². The molecule has 0 fully saturated rings. The second-order valence-electron chi connectivity index (χ2n) is 6.92. The summed E-state index contributed by atoms with van der Waals surface area (Å²) in [4.78, 5) is 11.9. The summed E-state index contributed by atoms with van der Waals surface area (Å²) in [6.45, 7) is 12.2. The van der Waals surface area contributed by atoms with Gasteiger partial charge in [0.15, 0.2) is 0 Å². The minimum atomic E-state index is -0.522. The van der Waals surface area contributed by atoms with Crippen molar-refractivity contribution in [1.29, 1.82) is 0 Å². The molecule has 1 heterocycles. The number of nitrogens with one attached hydrogen (secondary N) is 3. The van der Waals surface area contributed by atoms with Crippen LogP contribution < -0.4 is 10.6 Å². The van der Waals surface area contributed by atoms with E-state index in [9.17, 15) is 4.79 Å². The Morgan fingerprint density at radius 3 is 2.54 bits per heavy atom. The van der Waals surface area contributed by atoms with Crippen LogP contribution in [0.3, 0.4) is 0 Å². The van der Waals surface area contributed by atoms with E-state index in [0.29, 0.717) is 12.2 Å². The predicted molar refractivity (Wildman–Crippen MR) is 96.4 cm³/mol. The Balaban J connectivity index is 2.07. The monoisotopic (exact) mass is 330 g/mol. The number of rotatable bonds is 4. The first-order valence-electron chi connectivity index (χ1n) is 8.00. The van der Waals surface area contributed by atoms with Crippen LogP contribution in [0, 0.1) is 20.8 Å². The number of carbonyl (C=O) groups excluding carboxylic acids is 1. The van der Waals surface area contributed by atoms with Gasteiger partial charge in [0.1, 0.15) is 5.60 Å². The minimum Gasteiger partial charge on any atom is -0.444 e. The fraction of sp³-hybridized carbons (Fsp3) is 0.444. The third-order valence-electron chi connectivity index (χ3n) is 3.62. The molecule has 130 valence electrons. The molecule has 0 spiro atoms. The second-order valence-corrected chi connectivity index (χ2v) is 6.92. The van der Waals surface area contributed by atoms with Crippen molar-refractivity contribution in [3.63, 3.8) is 0 Å². The number of amides is 1. The number of nitrogens with zero attached hydrogens (tertiary/aromatic N) is 1. The van der Waals surface area contributed by atoms with Crippen LogP contribution in [0.2, 0.25) is 0 Å². The number of carbonyl (C=O) groups is 1. The second kappa shape index (κ2) is 6.95. The smallest absolute Gasteiger partial charge is 0.412 e. The number of H-pyrrole nitrogens is 1. The number of anilines is 2. The van der Waals surface area contributed by atoms with Crippen molar-refractivity contribution in [2.24, 2.45) is 0 Å². The summed E-state index contributed by atoms with van der Waals surface area (Å²) < 4.78 is 5.28. The quantitative estimate of drug-likeness (QED) is 0.781. The van der Waals surface area contributed by atoms with Crippen LogP contribution in [0.25, 0.3) is 0 Å². The molecule has 0 aliphatic carbocycles. The van der Waals surface area contributed by atoms with Gasteiger partial charge in [-0.05, 0) is 59.2 Å². The molecule has 1 aromatic carbocycles. The standard InChI is InChI=1S/C18H26N4O2/c1-11-7-8-14(20-17(23)24-18(4,5)6)9-16(11)19-10-15-12(2)21-22-13(15)3/h7-9,19H,10H2,1-6H3,(H,20,23)(H,21,22). The predicted octanol–water partition coefficient (Wildman–Crippen LogP) is 4.29. The van der Waals surface area contributed by atoms with Gasteiger partial charge < -0.3 is 10.1 Å². The first-order valence-corrected chi connectivity index (χ1v) is 8.00. The van der Waals surface area contributed by atoms with Crippen LogP contribution in [0.4, 0.5) is 16.2 Å². The Morgan fingerprint density at radius 2 is 1.96 bits per heavy atom. The van der Waals surface area contributed by atoms with Crippen molar-refractivity contribution in [3.8, 4) is 0 Å². The van der Waals surface area contributed by atoms with Gasteiger partial charge in [0, 0.05) is 29.2 Å². The van der Waals surface area contributed by atoms with Crippen LogP contribution in [-0.2, 0) is 11.3 Å². The van der Waals surface area contributed by atoms with Crippen LogP contribution in [-0.4, -0.2) is 21.9 Å². The summed E-state index contributed by atoms with van der Waals surface area (Å²) in [7, 11) is 0. The molecule has 6 heteroatoms. The van der Waals surface area contributed by atoms with E-state index in [4.69, 9.17) is 4.74 Å². The maximum Gasteiger partial charge on any atom is 0.412 e. The van der Waals surface area contributed by atoms with E-state index in [1.807, 2.05) is 59.7 Å². The highest BCUT2D eigenvalue weighted by atomic mass is 16.6. The van der Waals surface area contributed by atoms with Gasteiger partial charge in [-0.3, -0.25) is 10.4 Å². The summed E-state index contributed by atoms with van der Waals surface area (Å²) in [6, 6.07) is 5.73. The van der Waals surface area contributed by atoms with Gasteiger partial charge in [-0.15, -0.1) is 0 Å². The molecule has 0 atom stereocenters. The lowest BCUT2D eigenvalue weighted by atomic mass is 10.1. The van der Waals surface area contributed by atoms with Gasteiger partial charge in [-0.25, -0.2) is 4.79 Å². The molecule has 0 saturated heterocycles. The van der Waals surface area contributed by atoms with E-state index in [1.54, 1.807) is 0 Å². The maximum atomic E-state index is 11.9. The molecular weight excluding hydrogens is 304 g/mol. The first-order chi connectivity index (χ1) is 11.2. The molecule has 2 aromatic rings. The van der Waals surface area contributed by atoms with Gasteiger partial charge >= 0.3 is 6.09 Å². The molecule has 0 saturated carbocycles. The van der Waals surface area contributed by atoms with Gasteiger partial charge in [-0.1, -0.05) is 6.07 Å². The number of ether oxygens (including phenoxy) is 1. The Bertz CT molecular complexity index is 710. The number of aromatic nitrogens is 2. The lowest BCUT2D eigenvalue weighted by molar-refractivity contribution is 0.0636. The molecule has 0 bridgehead atoms. The van der Waals surface area contributed by atoms with Crippen LogP contribution in [0.5, 0.6) is 0 Å². The average Bonchev–Trinajstić information content (AvgIpc) is 2.77. The molecule has 0 radical (unpaired) electrons. The summed E-state index contributed by atoms with van der Waals surface area (Å²) >= 11 is 0. The molecule has 0 unspecified atom stereocenters. The summed E-state index contributed by atoms with van der Waals surface area (Å²) in [5.74, 6) is 0. The number of aromatic amines is 1. The summed E-state index contributed by atoms with van der Waals surface area (Å²) in [5, 5.41) is 13.4. The Labute approximate surface area is 143 Å². The van der Waals surface area contributed by atoms with Gasteiger partial charge in [0.05, 0.1) is 5.69 Å². The molecule has 1 amide bonds. The number of aryl methyl sites for hydroxylation is 3. The fourth-order valence-electron chi connectivity index (χ4n) is 2.33. The normalized spacial score (nSPS) is 11.2. The van der Waals surface area contributed by atoms with Crippen molar-refractivity contribution in [1.82, 2.24) is 10.2 Å². The number of hydrogen-bond donors (Lipinski definition) is 3. The topological polar surface area (TPSA) is 79.0 Å². The number of hydrogen-bond acceptors (Lipinski definition) is 4. The third-order valence-corrected chi connectivity index (χ3v) is 3.62. The van der Waals surface area contributed by atoms with E-state index in [-0.39, 0.29) is 0 Å². The zero-order chi connectivity index (χ0) is 17.9. The summed E-state index contributed by atoms with van der Waals surface area (Å²) in [5.41, 5.74) is 5.43. The molecular formula is C18H26N4O2. The largest absolute Gasteiger partial charge is 0.444 e. The van der Waals surface area contributed by atoms with Crippen LogP contribution in [0.1, 0.15) is 43.3 Å². The van der Waals surface area contributed by atoms with E-state index in [2.05, 4.69) is 20.8 Å². The Hall–Kier alpha value is -2.50. The van der Waals surface area contributed by atoms with Gasteiger partial charge in [0.25, 0.3) is 0 Å². The van der Waals surface area contributed by atoms with Crippen molar-refractivity contribution in [2.75, 3.05) is 10.6 Å². The number of benzene rings is 1. The van der Waals surface area contributed by atoms with Gasteiger partial charge in [0.2, 0.25) is 0 Å². The highest BCUT2D eigenvalue weighted by molar-refractivity contribution is 5.85. The molecule has 1 aromatic heterocycles. The lowest BCUT2D eigenvalue weighted by Gasteiger charge is -2.20. The highest BCUT2D eigenvalue weighted by Crippen LogP contribution is 2.22. The first kappa shape index (κ1) is 17.8. The lowest BCUT2D eigenvalue weighted by Crippen LogP contribution is -2.27. The molecule has 3 N–H and O–H groups in total. The van der Waals surface area contributed by atoms with Crippen molar-refractivity contribution < 1.29 is 9.53 Å². The van der Waals surface area contributed by atoms with Crippen LogP contribution >= 0.6 is 0 Å². The molecule has 24 heavy (non-hydrogen) atoms. The van der Waals surface area contributed by atoms with Crippen molar-refractivity contribution in [3.05, 3.63) is 40.7 Å². The zero-order valence-electron chi connectivity index (χ0n) is 15.2. The van der Waals surface area contributed by atoms with E-state index in [0.717, 1.165) is 28.2 Å². The summed E-state index contributed by atoms with van der Waals surface area (Å²) in [6.07, 6.45) is -0.459. The van der Waals surface area contributed by atoms with E-state index >= 15 is 0 Å². The average molecular weight is 330 g/mol.